The smallest absolute Gasteiger partial charge is 0.303 e. The zero-order valence-corrected chi connectivity index (χ0v) is 9.17. The average molecular weight is 212 g/mol. The fourth-order valence-corrected chi connectivity index (χ4v) is 1.25. The van der Waals surface area contributed by atoms with Crippen molar-refractivity contribution in [2.75, 3.05) is 6.61 Å². The Morgan fingerprint density at radius 1 is 0.933 bits per heavy atom. The van der Waals surface area contributed by atoms with Crippen molar-refractivity contribution < 1.29 is 15.0 Å². The van der Waals surface area contributed by atoms with E-state index in [9.17, 15) is 4.79 Å². The molecule has 0 bridgehead atoms. The summed E-state index contributed by atoms with van der Waals surface area (Å²) in [6.07, 6.45) is 6.81. The van der Waals surface area contributed by atoms with Crippen LogP contribution >= 0.6 is 0 Å². The fourth-order valence-electron chi connectivity index (χ4n) is 1.25. The minimum absolute atomic E-state index is 0.141. The molecule has 0 radical (unpaired) electrons. The summed E-state index contributed by atoms with van der Waals surface area (Å²) in [5.74, 6) is 5.16. The fraction of sp³-hybridized carbons (Fsp3) is 0.750. The van der Waals surface area contributed by atoms with Gasteiger partial charge in [0.05, 0.1) is 6.61 Å². The Balaban J connectivity index is 3.06. The maximum Gasteiger partial charge on any atom is 0.303 e. The second kappa shape index (κ2) is 11.1. The molecule has 15 heavy (non-hydrogen) atoms. The lowest BCUT2D eigenvalue weighted by Gasteiger charge is -1.97. The van der Waals surface area contributed by atoms with Crippen molar-refractivity contribution in [3.8, 4) is 11.8 Å². The van der Waals surface area contributed by atoms with Crippen LogP contribution in [-0.2, 0) is 4.79 Å². The molecule has 2 N–H and O–H groups in total. The predicted molar refractivity (Wildman–Crippen MR) is 59.4 cm³/mol. The SMILES string of the molecule is O=C(O)CCCCCCCC#CCCO. The standard InChI is InChI=1S/C12H20O3/c13-11-9-7-5-3-1-2-4-6-8-10-12(14)15/h13H,1-4,6,8-11H2,(H,14,15). The third-order valence-corrected chi connectivity index (χ3v) is 2.05. The van der Waals surface area contributed by atoms with Gasteiger partial charge in [-0.25, -0.2) is 0 Å². The van der Waals surface area contributed by atoms with E-state index in [0.29, 0.717) is 6.42 Å². The molecule has 0 heterocycles. The largest absolute Gasteiger partial charge is 0.481 e. The normalized spacial score (nSPS) is 9.40. The minimum atomic E-state index is -0.704. The quantitative estimate of drug-likeness (QED) is 0.479. The van der Waals surface area contributed by atoms with E-state index >= 15 is 0 Å². The van der Waals surface area contributed by atoms with Crippen molar-refractivity contribution >= 4 is 5.97 Å². The molecule has 0 aromatic carbocycles. The first-order valence-corrected chi connectivity index (χ1v) is 5.55. The molecule has 0 aromatic rings. The summed E-state index contributed by atoms with van der Waals surface area (Å²) >= 11 is 0. The number of hydrogen-bond acceptors (Lipinski definition) is 2. The molecule has 86 valence electrons. The Labute approximate surface area is 91.5 Å². The Hall–Kier alpha value is -1.01. The van der Waals surface area contributed by atoms with Gasteiger partial charge in [-0.15, -0.1) is 11.8 Å². The summed E-state index contributed by atoms with van der Waals surface area (Å²) in [7, 11) is 0. The molecule has 3 heteroatoms. The van der Waals surface area contributed by atoms with Crippen LogP contribution < -0.4 is 0 Å². The zero-order chi connectivity index (χ0) is 11.4. The van der Waals surface area contributed by atoms with Gasteiger partial charge in [-0.05, 0) is 12.8 Å². The van der Waals surface area contributed by atoms with Gasteiger partial charge in [-0.2, -0.15) is 0 Å². The number of aliphatic carboxylic acids is 1. The maximum atomic E-state index is 10.2. The molecule has 0 aliphatic carbocycles. The van der Waals surface area contributed by atoms with Crippen molar-refractivity contribution in [2.45, 2.75) is 51.4 Å². The summed E-state index contributed by atoms with van der Waals surface area (Å²) in [5, 5.41) is 16.9. The molecule has 0 spiro atoms. The lowest BCUT2D eigenvalue weighted by atomic mass is 10.1. The molecule has 3 nitrogen and oxygen atoms in total. The van der Waals surface area contributed by atoms with Crippen molar-refractivity contribution in [1.29, 1.82) is 0 Å². The Morgan fingerprint density at radius 2 is 1.53 bits per heavy atom. The number of rotatable bonds is 8. The third kappa shape index (κ3) is 13.0. The van der Waals surface area contributed by atoms with E-state index in [-0.39, 0.29) is 13.0 Å². The van der Waals surface area contributed by atoms with E-state index in [1.54, 1.807) is 0 Å². The average Bonchev–Trinajstić information content (AvgIpc) is 2.20. The van der Waals surface area contributed by atoms with Gasteiger partial charge in [-0.3, -0.25) is 4.79 Å². The molecule has 0 atom stereocenters. The summed E-state index contributed by atoms with van der Waals surface area (Å²) in [6, 6.07) is 0. The third-order valence-electron chi connectivity index (χ3n) is 2.05. The molecule has 0 fully saturated rings. The van der Waals surface area contributed by atoms with E-state index in [0.717, 1.165) is 38.5 Å². The van der Waals surface area contributed by atoms with Gasteiger partial charge in [0.1, 0.15) is 0 Å². The lowest BCUT2D eigenvalue weighted by Crippen LogP contribution is -1.93. The van der Waals surface area contributed by atoms with Crippen LogP contribution in [0, 0.1) is 11.8 Å². The summed E-state index contributed by atoms with van der Waals surface area (Å²) in [6.45, 7) is 0.141. The molecular formula is C12H20O3. The summed E-state index contributed by atoms with van der Waals surface area (Å²) in [4.78, 5) is 10.2. The van der Waals surface area contributed by atoms with Crippen LogP contribution in [0.4, 0.5) is 0 Å². The van der Waals surface area contributed by atoms with Gasteiger partial charge < -0.3 is 10.2 Å². The van der Waals surface area contributed by atoms with E-state index < -0.39 is 5.97 Å². The molecule has 0 unspecified atom stereocenters. The van der Waals surface area contributed by atoms with Gasteiger partial charge in [-0.1, -0.05) is 19.3 Å². The molecule has 0 amide bonds. The molecule has 0 aliphatic rings. The molecule has 0 saturated carbocycles. The zero-order valence-electron chi connectivity index (χ0n) is 9.17. The second-order valence-electron chi connectivity index (χ2n) is 3.49. The first kappa shape index (κ1) is 14.0. The van der Waals surface area contributed by atoms with Crippen LogP contribution in [0.25, 0.3) is 0 Å². The van der Waals surface area contributed by atoms with Crippen LogP contribution in [0.2, 0.25) is 0 Å². The van der Waals surface area contributed by atoms with Crippen LogP contribution in [0.1, 0.15) is 51.4 Å². The van der Waals surface area contributed by atoms with E-state index in [1.165, 1.54) is 0 Å². The van der Waals surface area contributed by atoms with Crippen molar-refractivity contribution in [1.82, 2.24) is 0 Å². The first-order chi connectivity index (χ1) is 7.27. The van der Waals surface area contributed by atoms with Gasteiger partial charge in [0.25, 0.3) is 0 Å². The maximum absolute atomic E-state index is 10.2. The summed E-state index contributed by atoms with van der Waals surface area (Å²) < 4.78 is 0. The van der Waals surface area contributed by atoms with E-state index in [2.05, 4.69) is 11.8 Å². The highest BCUT2D eigenvalue weighted by molar-refractivity contribution is 5.66. The van der Waals surface area contributed by atoms with Crippen LogP contribution in [0.5, 0.6) is 0 Å². The van der Waals surface area contributed by atoms with Crippen LogP contribution in [-0.4, -0.2) is 22.8 Å². The number of carboxylic acids is 1. The topological polar surface area (TPSA) is 57.5 Å². The Kier molecular flexibility index (Phi) is 10.3. The Morgan fingerprint density at radius 3 is 2.20 bits per heavy atom. The van der Waals surface area contributed by atoms with Crippen molar-refractivity contribution in [3.63, 3.8) is 0 Å². The highest BCUT2D eigenvalue weighted by Crippen LogP contribution is 2.06. The highest BCUT2D eigenvalue weighted by atomic mass is 16.4. The molecular weight excluding hydrogens is 192 g/mol. The number of aliphatic hydroxyl groups excluding tert-OH is 1. The predicted octanol–water partition coefficient (Wildman–Crippen LogP) is 2.19. The van der Waals surface area contributed by atoms with Crippen LogP contribution in [0.3, 0.4) is 0 Å². The van der Waals surface area contributed by atoms with Crippen molar-refractivity contribution in [2.24, 2.45) is 0 Å². The number of aliphatic hydroxyl groups is 1. The van der Waals surface area contributed by atoms with Gasteiger partial charge in [0, 0.05) is 19.3 Å². The minimum Gasteiger partial charge on any atom is -0.481 e. The number of carboxylic acid groups (broad SMARTS) is 1. The molecule has 0 rings (SSSR count). The lowest BCUT2D eigenvalue weighted by molar-refractivity contribution is -0.137. The van der Waals surface area contributed by atoms with E-state index in [4.69, 9.17) is 10.2 Å². The second-order valence-corrected chi connectivity index (χ2v) is 3.49. The van der Waals surface area contributed by atoms with Gasteiger partial charge >= 0.3 is 5.97 Å². The number of hydrogen-bond donors (Lipinski definition) is 2. The van der Waals surface area contributed by atoms with E-state index in [1.807, 2.05) is 0 Å². The molecule has 0 saturated heterocycles. The number of unbranched alkanes of at least 4 members (excludes halogenated alkanes) is 5. The van der Waals surface area contributed by atoms with Gasteiger partial charge in [0.2, 0.25) is 0 Å². The molecule has 0 aliphatic heterocycles. The number of carbonyl (C=O) groups is 1. The summed E-state index contributed by atoms with van der Waals surface area (Å²) in [5.41, 5.74) is 0. The van der Waals surface area contributed by atoms with Crippen molar-refractivity contribution in [3.05, 3.63) is 0 Å². The van der Waals surface area contributed by atoms with Gasteiger partial charge in [0.15, 0.2) is 0 Å². The first-order valence-electron chi connectivity index (χ1n) is 5.55. The van der Waals surface area contributed by atoms with Crippen LogP contribution in [0.15, 0.2) is 0 Å². The highest BCUT2D eigenvalue weighted by Gasteiger charge is 1.95. The molecule has 0 aromatic heterocycles. The Bertz CT molecular complexity index is 213. The monoisotopic (exact) mass is 212 g/mol.